The molecule has 1 aliphatic rings. The van der Waals surface area contributed by atoms with Gasteiger partial charge in [0.2, 0.25) is 0 Å². The first kappa shape index (κ1) is 20.4. The normalized spacial score (nSPS) is 12.1. The second kappa shape index (κ2) is 7.58. The predicted octanol–water partition coefficient (Wildman–Crippen LogP) is 4.85. The van der Waals surface area contributed by atoms with Gasteiger partial charge in [-0.15, -0.1) is 0 Å². The van der Waals surface area contributed by atoms with Crippen LogP contribution in [0.5, 0.6) is 11.5 Å². The van der Waals surface area contributed by atoms with E-state index in [1.165, 1.54) is 4.68 Å². The molecule has 10 heteroatoms. The second-order valence-electron chi connectivity index (χ2n) is 7.23. The Bertz CT molecular complexity index is 1370. The fraction of sp³-hybridized carbons (Fsp3) is 0.136. The largest absolute Gasteiger partial charge is 0.496 e. The Hall–Kier alpha value is -3.49. The number of carboxylic acids is 1. The van der Waals surface area contributed by atoms with Crippen LogP contribution < -0.4 is 9.47 Å². The lowest BCUT2D eigenvalue weighted by Crippen LogP contribution is -2.10. The second-order valence-corrected chi connectivity index (χ2v) is 8.11. The smallest absolute Gasteiger partial charge is 0.356 e. The summed E-state index contributed by atoms with van der Waals surface area (Å²) in [5.74, 6) is -0.0277. The highest BCUT2D eigenvalue weighted by atomic mass is 35.5. The molecule has 0 bridgehead atoms. The Balaban J connectivity index is 1.81. The van der Waals surface area contributed by atoms with Gasteiger partial charge in [0.15, 0.2) is 5.69 Å². The minimum Gasteiger partial charge on any atom is -0.496 e. The number of rotatable bonds is 4. The monoisotopic (exact) mass is 470 g/mol. The van der Waals surface area contributed by atoms with Gasteiger partial charge in [-0.05, 0) is 30.3 Å². The number of aromatic nitrogens is 4. The fourth-order valence-electron chi connectivity index (χ4n) is 3.83. The predicted molar refractivity (Wildman–Crippen MR) is 119 cm³/mol. The lowest BCUT2D eigenvalue weighted by Gasteiger charge is -2.22. The number of carboxylic acid groups (broad SMARTS) is 1. The number of hydrogen-bond donors (Lipinski definition) is 1. The Morgan fingerprint density at radius 1 is 1.12 bits per heavy atom. The van der Waals surface area contributed by atoms with E-state index < -0.39 is 5.97 Å². The van der Waals surface area contributed by atoms with Crippen LogP contribution in [0.1, 0.15) is 16.1 Å². The van der Waals surface area contributed by atoms with Gasteiger partial charge in [-0.1, -0.05) is 23.2 Å². The maximum Gasteiger partial charge on any atom is 0.356 e. The molecule has 0 radical (unpaired) electrons. The molecule has 0 saturated heterocycles. The number of halogens is 2. The van der Waals surface area contributed by atoms with Crippen LogP contribution in [0.25, 0.3) is 28.2 Å². The Kier molecular flexibility index (Phi) is 4.83. The molecule has 0 aliphatic carbocycles. The van der Waals surface area contributed by atoms with Gasteiger partial charge in [0.25, 0.3) is 0 Å². The topological polar surface area (TPSA) is 91.4 Å². The van der Waals surface area contributed by atoms with E-state index in [4.69, 9.17) is 32.7 Å². The summed E-state index contributed by atoms with van der Waals surface area (Å²) in [4.78, 5) is 11.9. The summed E-state index contributed by atoms with van der Waals surface area (Å²) in [5.41, 5.74) is 3.57. The Morgan fingerprint density at radius 3 is 2.50 bits per heavy atom. The van der Waals surface area contributed by atoms with Crippen molar-refractivity contribution < 1.29 is 19.4 Å². The van der Waals surface area contributed by atoms with Gasteiger partial charge < -0.3 is 14.6 Å². The molecule has 8 nitrogen and oxygen atoms in total. The minimum absolute atomic E-state index is 0.0460. The first-order valence-electron chi connectivity index (χ1n) is 9.52. The summed E-state index contributed by atoms with van der Waals surface area (Å²) in [7, 11) is 3.40. The Morgan fingerprint density at radius 2 is 1.88 bits per heavy atom. The molecule has 0 amide bonds. The van der Waals surface area contributed by atoms with Crippen molar-refractivity contribution >= 4 is 29.2 Å². The average Bonchev–Trinajstić information content (AvgIpc) is 3.36. The third-order valence-electron chi connectivity index (χ3n) is 5.20. The first-order chi connectivity index (χ1) is 15.4. The number of nitrogens with zero attached hydrogens (tertiary/aromatic N) is 4. The summed E-state index contributed by atoms with van der Waals surface area (Å²) < 4.78 is 14.7. The van der Waals surface area contributed by atoms with E-state index in [1.54, 1.807) is 36.1 Å². The molecule has 0 spiro atoms. The minimum atomic E-state index is -1.15. The van der Waals surface area contributed by atoms with Crippen molar-refractivity contribution in [3.63, 3.8) is 0 Å². The summed E-state index contributed by atoms with van der Waals surface area (Å²) in [6.07, 6.45) is 1.83. The zero-order chi connectivity index (χ0) is 22.6. The van der Waals surface area contributed by atoms with E-state index in [0.717, 1.165) is 5.56 Å². The molecule has 4 aromatic rings. The first-order valence-corrected chi connectivity index (χ1v) is 10.3. The van der Waals surface area contributed by atoms with Gasteiger partial charge in [0, 0.05) is 40.5 Å². The van der Waals surface area contributed by atoms with Crippen molar-refractivity contribution in [1.29, 1.82) is 0 Å². The number of aromatic carboxylic acids is 1. The van der Waals surface area contributed by atoms with Crippen molar-refractivity contribution in [1.82, 2.24) is 19.6 Å². The van der Waals surface area contributed by atoms with Crippen LogP contribution in [0.15, 0.2) is 42.6 Å². The van der Waals surface area contributed by atoms with Crippen molar-refractivity contribution in [3.05, 3.63) is 63.9 Å². The molecule has 1 N–H and O–H groups in total. The number of aryl methyl sites for hydroxylation is 1. The van der Waals surface area contributed by atoms with Crippen LogP contribution in [0.3, 0.4) is 0 Å². The summed E-state index contributed by atoms with van der Waals surface area (Å²) >= 11 is 12.4. The molecular weight excluding hydrogens is 455 g/mol. The van der Waals surface area contributed by atoms with E-state index in [1.807, 2.05) is 25.4 Å². The van der Waals surface area contributed by atoms with Crippen LogP contribution in [-0.4, -0.2) is 37.7 Å². The maximum atomic E-state index is 11.9. The van der Waals surface area contributed by atoms with Crippen molar-refractivity contribution in [2.45, 2.75) is 6.61 Å². The van der Waals surface area contributed by atoms with E-state index in [2.05, 4.69) is 10.2 Å². The van der Waals surface area contributed by atoms with Gasteiger partial charge in [0.1, 0.15) is 18.1 Å². The molecule has 0 saturated carbocycles. The molecule has 2 aromatic heterocycles. The van der Waals surface area contributed by atoms with Crippen molar-refractivity contribution in [3.8, 4) is 39.7 Å². The lowest BCUT2D eigenvalue weighted by atomic mass is 9.98. The van der Waals surface area contributed by atoms with E-state index in [9.17, 15) is 9.90 Å². The third kappa shape index (κ3) is 3.28. The molecule has 5 rings (SSSR count). The molecule has 1 aliphatic heterocycles. The molecule has 3 heterocycles. The van der Waals surface area contributed by atoms with E-state index in [-0.39, 0.29) is 12.3 Å². The van der Waals surface area contributed by atoms with Gasteiger partial charge >= 0.3 is 5.97 Å². The number of benzene rings is 2. The lowest BCUT2D eigenvalue weighted by molar-refractivity contribution is 0.0687. The van der Waals surface area contributed by atoms with Crippen LogP contribution in [0.2, 0.25) is 10.0 Å². The standard InChI is InChI=1S/C22H16Cl2N4O4/c1-27-4-3-17(25-27)14-8-15-19(9-18(14)31-2)32-10-16-20(22(29)30)26-28(21(15)16)13-6-11(23)5-12(24)7-13/h3-9H,10H2,1-2H3,(H,29,30). The number of carbonyl (C=O) groups is 1. The van der Waals surface area contributed by atoms with Crippen LogP contribution in [0, 0.1) is 0 Å². The summed E-state index contributed by atoms with van der Waals surface area (Å²) in [6, 6.07) is 10.4. The number of ether oxygens (including phenoxy) is 2. The van der Waals surface area contributed by atoms with Crippen LogP contribution in [-0.2, 0) is 13.7 Å². The molecule has 32 heavy (non-hydrogen) atoms. The van der Waals surface area contributed by atoms with E-state index in [0.29, 0.717) is 49.7 Å². The van der Waals surface area contributed by atoms with Crippen LogP contribution in [0.4, 0.5) is 0 Å². The third-order valence-corrected chi connectivity index (χ3v) is 5.63. The van der Waals surface area contributed by atoms with Gasteiger partial charge in [-0.25, -0.2) is 9.48 Å². The summed E-state index contributed by atoms with van der Waals surface area (Å²) in [6.45, 7) is 0.0460. The molecule has 2 aromatic carbocycles. The molecule has 0 atom stereocenters. The summed E-state index contributed by atoms with van der Waals surface area (Å²) in [5, 5.41) is 19.4. The highest BCUT2D eigenvalue weighted by Gasteiger charge is 2.31. The maximum absolute atomic E-state index is 11.9. The SMILES string of the molecule is COc1cc2c(cc1-c1ccn(C)n1)-c1c(c(C(=O)O)nn1-c1cc(Cl)cc(Cl)c1)CO2. The average molecular weight is 471 g/mol. The fourth-order valence-corrected chi connectivity index (χ4v) is 4.34. The Labute approximate surface area is 192 Å². The number of fused-ring (bicyclic) bond motifs is 3. The zero-order valence-corrected chi connectivity index (χ0v) is 18.5. The van der Waals surface area contributed by atoms with Gasteiger partial charge in [-0.2, -0.15) is 10.2 Å². The number of hydrogen-bond acceptors (Lipinski definition) is 5. The highest BCUT2D eigenvalue weighted by molar-refractivity contribution is 6.34. The zero-order valence-electron chi connectivity index (χ0n) is 17.0. The molecule has 0 fully saturated rings. The van der Waals surface area contributed by atoms with Crippen molar-refractivity contribution in [2.75, 3.05) is 7.11 Å². The molecule has 0 unspecified atom stereocenters. The van der Waals surface area contributed by atoms with Gasteiger partial charge in [-0.3, -0.25) is 4.68 Å². The van der Waals surface area contributed by atoms with Gasteiger partial charge in [0.05, 0.1) is 29.7 Å². The quantitative estimate of drug-likeness (QED) is 0.458. The van der Waals surface area contributed by atoms with E-state index >= 15 is 0 Å². The molecular formula is C22H16Cl2N4O4. The molecule has 162 valence electrons. The highest BCUT2D eigenvalue weighted by Crippen LogP contribution is 2.45. The van der Waals surface area contributed by atoms with Crippen molar-refractivity contribution in [2.24, 2.45) is 7.05 Å². The van der Waals surface area contributed by atoms with Crippen LogP contribution >= 0.6 is 23.2 Å². The number of methoxy groups -OCH3 is 1.